The van der Waals surface area contributed by atoms with Gasteiger partial charge in [0.05, 0.1) is 6.04 Å². The van der Waals surface area contributed by atoms with Crippen molar-refractivity contribution in [2.45, 2.75) is 36.5 Å². The van der Waals surface area contributed by atoms with Crippen LogP contribution in [-0.4, -0.2) is 41.0 Å². The third kappa shape index (κ3) is 4.39. The lowest BCUT2D eigenvalue weighted by Gasteiger charge is -2.49. The van der Waals surface area contributed by atoms with E-state index in [2.05, 4.69) is 5.32 Å². The summed E-state index contributed by atoms with van der Waals surface area (Å²) in [6.07, 6.45) is 2.97. The molecular formula is C23H25NO5. The molecule has 6 nitrogen and oxygen atoms in total. The summed E-state index contributed by atoms with van der Waals surface area (Å²) >= 11 is 0. The van der Waals surface area contributed by atoms with Crippen molar-refractivity contribution in [3.8, 4) is 0 Å². The summed E-state index contributed by atoms with van der Waals surface area (Å²) in [7, 11) is 1.70. The number of benzene rings is 2. The monoisotopic (exact) mass is 395 g/mol. The van der Waals surface area contributed by atoms with Crippen LogP contribution >= 0.6 is 0 Å². The van der Waals surface area contributed by atoms with Gasteiger partial charge in [0.2, 0.25) is 5.79 Å². The molecule has 2 atom stereocenters. The predicted octanol–water partition coefficient (Wildman–Crippen LogP) is 2.62. The van der Waals surface area contributed by atoms with E-state index in [1.165, 1.54) is 0 Å². The quantitative estimate of drug-likeness (QED) is 0.395. The minimum Gasteiger partial charge on any atom is -0.478 e. The lowest BCUT2D eigenvalue weighted by Crippen LogP contribution is -2.59. The van der Waals surface area contributed by atoms with Crippen molar-refractivity contribution >= 4 is 11.9 Å². The van der Waals surface area contributed by atoms with E-state index >= 15 is 0 Å². The number of ether oxygens (including phenoxy) is 1. The number of carboxylic acids is 1. The SMILES string of the molecule is CNC1CCC(c2ccccc2)(c2ccccc2)CC1(O)OC(=O)/C=C\C(=O)O. The summed E-state index contributed by atoms with van der Waals surface area (Å²) in [4.78, 5) is 22.9. The molecule has 1 aliphatic rings. The standard InChI is InChI=1S/C23H25NO5/c1-24-19-14-15-22(17-8-4-2-5-9-17,18-10-6-3-7-11-18)16-23(19,28)29-21(27)13-12-20(25)26/h2-13,19,24,28H,14-16H2,1H3,(H,25,26)/b13-12-. The summed E-state index contributed by atoms with van der Waals surface area (Å²) in [6.45, 7) is 0. The zero-order valence-corrected chi connectivity index (χ0v) is 16.2. The second-order valence-electron chi connectivity index (χ2n) is 7.31. The van der Waals surface area contributed by atoms with Crippen LogP contribution in [-0.2, 0) is 19.7 Å². The third-order valence-corrected chi connectivity index (χ3v) is 5.60. The Morgan fingerprint density at radius 3 is 2.07 bits per heavy atom. The van der Waals surface area contributed by atoms with Crippen molar-refractivity contribution < 1.29 is 24.5 Å². The van der Waals surface area contributed by atoms with Crippen LogP contribution in [0.5, 0.6) is 0 Å². The Morgan fingerprint density at radius 1 is 1.03 bits per heavy atom. The highest BCUT2D eigenvalue weighted by Crippen LogP contribution is 2.48. The topological polar surface area (TPSA) is 95.9 Å². The number of aliphatic carboxylic acids is 1. The fourth-order valence-corrected chi connectivity index (χ4v) is 4.26. The van der Waals surface area contributed by atoms with Gasteiger partial charge in [0.15, 0.2) is 0 Å². The molecule has 1 aliphatic carbocycles. The summed E-state index contributed by atoms with van der Waals surface area (Å²) < 4.78 is 5.43. The van der Waals surface area contributed by atoms with Crippen molar-refractivity contribution in [3.63, 3.8) is 0 Å². The first-order chi connectivity index (χ1) is 13.9. The van der Waals surface area contributed by atoms with Gasteiger partial charge in [-0.3, -0.25) is 0 Å². The van der Waals surface area contributed by atoms with Crippen LogP contribution in [0.15, 0.2) is 72.8 Å². The zero-order valence-electron chi connectivity index (χ0n) is 16.2. The molecule has 0 aliphatic heterocycles. The molecular weight excluding hydrogens is 370 g/mol. The smallest absolute Gasteiger partial charge is 0.333 e. The normalized spacial score (nSPS) is 23.6. The molecule has 0 amide bonds. The van der Waals surface area contributed by atoms with Crippen molar-refractivity contribution in [2.75, 3.05) is 7.05 Å². The van der Waals surface area contributed by atoms with Gasteiger partial charge in [-0.25, -0.2) is 9.59 Å². The molecule has 0 saturated heterocycles. The van der Waals surface area contributed by atoms with Crippen LogP contribution in [0.4, 0.5) is 0 Å². The molecule has 152 valence electrons. The van der Waals surface area contributed by atoms with E-state index in [0.717, 1.165) is 23.6 Å². The molecule has 3 N–H and O–H groups in total. The fraction of sp³-hybridized carbons (Fsp3) is 0.304. The van der Waals surface area contributed by atoms with E-state index in [-0.39, 0.29) is 6.42 Å². The number of rotatable bonds is 6. The summed E-state index contributed by atoms with van der Waals surface area (Å²) in [5.74, 6) is -3.96. The first-order valence-electron chi connectivity index (χ1n) is 9.54. The summed E-state index contributed by atoms with van der Waals surface area (Å²) in [6, 6.07) is 19.2. The van der Waals surface area contributed by atoms with Crippen LogP contribution in [0, 0.1) is 0 Å². The van der Waals surface area contributed by atoms with Gasteiger partial charge in [-0.2, -0.15) is 0 Å². The van der Waals surface area contributed by atoms with E-state index in [1.54, 1.807) is 7.05 Å². The lowest BCUT2D eigenvalue weighted by molar-refractivity contribution is -0.233. The molecule has 0 aromatic heterocycles. The molecule has 29 heavy (non-hydrogen) atoms. The summed E-state index contributed by atoms with van der Waals surface area (Å²) in [5, 5.41) is 23.2. The van der Waals surface area contributed by atoms with E-state index in [0.29, 0.717) is 12.5 Å². The molecule has 2 unspecified atom stereocenters. The van der Waals surface area contributed by atoms with Gasteiger partial charge in [0.25, 0.3) is 0 Å². The van der Waals surface area contributed by atoms with Crippen molar-refractivity contribution in [2.24, 2.45) is 0 Å². The summed E-state index contributed by atoms with van der Waals surface area (Å²) in [5.41, 5.74) is 1.49. The maximum absolute atomic E-state index is 12.2. The number of aliphatic hydroxyl groups is 1. The lowest BCUT2D eigenvalue weighted by atomic mass is 9.62. The van der Waals surface area contributed by atoms with Gasteiger partial charge < -0.3 is 20.3 Å². The number of esters is 1. The van der Waals surface area contributed by atoms with Gasteiger partial charge >= 0.3 is 11.9 Å². The van der Waals surface area contributed by atoms with Crippen LogP contribution in [0.3, 0.4) is 0 Å². The molecule has 1 saturated carbocycles. The Kier molecular flexibility index (Phi) is 6.15. The molecule has 1 fully saturated rings. The number of nitrogens with one attached hydrogen (secondary N) is 1. The fourth-order valence-electron chi connectivity index (χ4n) is 4.26. The minimum absolute atomic E-state index is 0.145. The molecule has 0 bridgehead atoms. The third-order valence-electron chi connectivity index (χ3n) is 5.60. The zero-order chi connectivity index (χ0) is 20.9. The molecule has 0 spiro atoms. The van der Waals surface area contributed by atoms with Crippen LogP contribution < -0.4 is 5.32 Å². The average Bonchev–Trinajstić information content (AvgIpc) is 2.73. The molecule has 0 heterocycles. The van der Waals surface area contributed by atoms with Gasteiger partial charge in [0.1, 0.15) is 0 Å². The van der Waals surface area contributed by atoms with Crippen LogP contribution in [0.2, 0.25) is 0 Å². The number of carbonyl (C=O) groups excluding carboxylic acids is 1. The van der Waals surface area contributed by atoms with Gasteiger partial charge in [-0.05, 0) is 31.0 Å². The van der Waals surface area contributed by atoms with Gasteiger partial charge in [-0.1, -0.05) is 60.7 Å². The van der Waals surface area contributed by atoms with Gasteiger partial charge in [-0.15, -0.1) is 0 Å². The number of hydrogen-bond donors (Lipinski definition) is 3. The average molecular weight is 395 g/mol. The Hall–Kier alpha value is -2.96. The van der Waals surface area contributed by atoms with Crippen molar-refractivity contribution in [1.29, 1.82) is 0 Å². The van der Waals surface area contributed by atoms with Crippen molar-refractivity contribution in [1.82, 2.24) is 5.32 Å². The maximum Gasteiger partial charge on any atom is 0.333 e. The molecule has 6 heteroatoms. The van der Waals surface area contributed by atoms with Crippen LogP contribution in [0.25, 0.3) is 0 Å². The number of carboxylic acid groups (broad SMARTS) is 1. The Balaban J connectivity index is 2.03. The molecule has 2 aromatic rings. The number of likely N-dealkylation sites (N-methyl/N-ethyl adjacent to an activating group) is 1. The van der Waals surface area contributed by atoms with Gasteiger partial charge in [0, 0.05) is 24.0 Å². The molecule has 0 radical (unpaired) electrons. The largest absolute Gasteiger partial charge is 0.478 e. The Labute approximate surface area is 169 Å². The first-order valence-corrected chi connectivity index (χ1v) is 9.54. The second-order valence-corrected chi connectivity index (χ2v) is 7.31. The van der Waals surface area contributed by atoms with Crippen molar-refractivity contribution in [3.05, 3.63) is 83.9 Å². The van der Waals surface area contributed by atoms with E-state index in [4.69, 9.17) is 9.84 Å². The van der Waals surface area contributed by atoms with E-state index in [9.17, 15) is 14.7 Å². The predicted molar refractivity (Wildman–Crippen MR) is 108 cm³/mol. The Morgan fingerprint density at radius 2 is 1.59 bits per heavy atom. The van der Waals surface area contributed by atoms with E-state index in [1.807, 2.05) is 60.7 Å². The molecule has 2 aromatic carbocycles. The molecule has 3 rings (SSSR count). The highest BCUT2D eigenvalue weighted by molar-refractivity contribution is 5.90. The number of carbonyl (C=O) groups is 2. The first kappa shape index (κ1) is 20.8. The van der Waals surface area contributed by atoms with Crippen LogP contribution in [0.1, 0.15) is 30.4 Å². The highest BCUT2D eigenvalue weighted by Gasteiger charge is 2.53. The maximum atomic E-state index is 12.2. The van der Waals surface area contributed by atoms with E-state index < -0.39 is 29.2 Å². The number of hydrogen-bond acceptors (Lipinski definition) is 5. The Bertz CT molecular complexity index is 841. The highest BCUT2D eigenvalue weighted by atomic mass is 16.7. The minimum atomic E-state index is -1.81. The second kappa shape index (κ2) is 8.59.